The number of alkyl carbamates (subject to hydrolysis) is 1. The average molecular weight is 334 g/mol. The largest absolute Gasteiger partial charge is 0.444 e. The van der Waals surface area contributed by atoms with Gasteiger partial charge in [-0.2, -0.15) is 0 Å². The van der Waals surface area contributed by atoms with Crippen LogP contribution in [0.5, 0.6) is 0 Å². The van der Waals surface area contributed by atoms with Gasteiger partial charge in [0.25, 0.3) is 0 Å². The van der Waals surface area contributed by atoms with Crippen LogP contribution in [0, 0.1) is 12.3 Å². The van der Waals surface area contributed by atoms with Crippen molar-refractivity contribution in [3.63, 3.8) is 0 Å². The summed E-state index contributed by atoms with van der Waals surface area (Å²) >= 11 is 0. The van der Waals surface area contributed by atoms with E-state index < -0.39 is 11.7 Å². The molecule has 1 aromatic carbocycles. The molecule has 0 radical (unpaired) electrons. The van der Waals surface area contributed by atoms with Crippen LogP contribution in [0.25, 0.3) is 0 Å². The standard InChI is InChI=1S/C14H20N2O3.C4H6O/c1-14(2,3)19-13(18)16-10-12(17)15-9-11-7-5-4-6-8-11;1-3-4-5-2/h4-8H,9-10H2,1-3H3,(H,15,17)(H,16,18);1H,4H2,2H3. The Morgan fingerprint density at radius 1 is 1.17 bits per heavy atom. The van der Waals surface area contributed by atoms with Crippen LogP contribution < -0.4 is 10.6 Å². The zero-order valence-electron chi connectivity index (χ0n) is 14.7. The molecule has 2 N–H and O–H groups in total. The second kappa shape index (κ2) is 12.0. The molecular weight excluding hydrogens is 308 g/mol. The number of ether oxygens (including phenoxy) is 2. The minimum atomic E-state index is -0.595. The molecular formula is C18H26N2O4. The van der Waals surface area contributed by atoms with Crippen LogP contribution in [0.2, 0.25) is 0 Å². The number of methoxy groups -OCH3 is 1. The van der Waals surface area contributed by atoms with Gasteiger partial charge in [0, 0.05) is 13.7 Å². The Morgan fingerprint density at radius 2 is 1.79 bits per heavy atom. The normalized spacial score (nSPS) is 9.79. The van der Waals surface area contributed by atoms with E-state index in [9.17, 15) is 9.59 Å². The fourth-order valence-electron chi connectivity index (χ4n) is 1.41. The quantitative estimate of drug-likeness (QED) is 0.809. The molecule has 0 heterocycles. The van der Waals surface area contributed by atoms with Crippen molar-refractivity contribution in [3.05, 3.63) is 35.9 Å². The fourth-order valence-corrected chi connectivity index (χ4v) is 1.41. The third-order valence-corrected chi connectivity index (χ3v) is 2.35. The molecule has 0 atom stereocenters. The molecule has 1 rings (SSSR count). The number of carbonyl (C=O) groups excluding carboxylic acids is 2. The van der Waals surface area contributed by atoms with Gasteiger partial charge in [-0.25, -0.2) is 4.79 Å². The van der Waals surface area contributed by atoms with Crippen LogP contribution in [0.15, 0.2) is 30.3 Å². The third kappa shape index (κ3) is 13.2. The molecule has 0 unspecified atom stereocenters. The van der Waals surface area contributed by atoms with Gasteiger partial charge in [-0.05, 0) is 26.3 Å². The van der Waals surface area contributed by atoms with E-state index in [1.807, 2.05) is 30.3 Å². The summed E-state index contributed by atoms with van der Waals surface area (Å²) in [5.74, 6) is 2.04. The molecule has 0 fully saturated rings. The topological polar surface area (TPSA) is 76.7 Å². The van der Waals surface area contributed by atoms with Gasteiger partial charge >= 0.3 is 6.09 Å². The SMILES string of the molecule is C#CCOC.CC(C)(C)OC(=O)NCC(=O)NCc1ccccc1. The molecule has 6 nitrogen and oxygen atoms in total. The Kier molecular flexibility index (Phi) is 10.7. The first-order chi connectivity index (χ1) is 11.3. The molecule has 0 aromatic heterocycles. The lowest BCUT2D eigenvalue weighted by molar-refractivity contribution is -0.120. The summed E-state index contributed by atoms with van der Waals surface area (Å²) in [5, 5.41) is 5.11. The first-order valence-electron chi connectivity index (χ1n) is 7.48. The van der Waals surface area contributed by atoms with Crippen molar-refractivity contribution in [2.75, 3.05) is 20.3 Å². The van der Waals surface area contributed by atoms with Crippen LogP contribution in [0.1, 0.15) is 26.3 Å². The Balaban J connectivity index is 0.000000922. The van der Waals surface area contributed by atoms with Crippen LogP contribution >= 0.6 is 0 Å². The number of nitrogens with one attached hydrogen (secondary N) is 2. The lowest BCUT2D eigenvalue weighted by Gasteiger charge is -2.19. The molecule has 0 saturated carbocycles. The fraction of sp³-hybridized carbons (Fsp3) is 0.444. The summed E-state index contributed by atoms with van der Waals surface area (Å²) in [6, 6.07) is 9.55. The second-order valence-corrected chi connectivity index (χ2v) is 5.75. The van der Waals surface area contributed by atoms with Gasteiger partial charge in [-0.15, -0.1) is 6.42 Å². The minimum absolute atomic E-state index is 0.0955. The second-order valence-electron chi connectivity index (χ2n) is 5.75. The number of carbonyl (C=O) groups is 2. The molecule has 0 spiro atoms. The van der Waals surface area contributed by atoms with Crippen molar-refractivity contribution in [2.24, 2.45) is 0 Å². The van der Waals surface area contributed by atoms with Gasteiger partial charge in [-0.1, -0.05) is 36.3 Å². The van der Waals surface area contributed by atoms with E-state index in [2.05, 4.69) is 21.3 Å². The maximum absolute atomic E-state index is 11.5. The van der Waals surface area contributed by atoms with Crippen molar-refractivity contribution in [1.82, 2.24) is 10.6 Å². The summed E-state index contributed by atoms with van der Waals surface area (Å²) in [6.45, 7) is 6.06. The number of hydrogen-bond acceptors (Lipinski definition) is 4. The highest BCUT2D eigenvalue weighted by molar-refractivity contribution is 5.82. The maximum atomic E-state index is 11.5. The van der Waals surface area contributed by atoms with Gasteiger partial charge in [0.05, 0.1) is 0 Å². The summed E-state index contributed by atoms with van der Waals surface area (Å²) in [7, 11) is 1.57. The number of amides is 2. The molecule has 1 aromatic rings. The van der Waals surface area contributed by atoms with Gasteiger partial charge < -0.3 is 20.1 Å². The number of rotatable bonds is 5. The summed E-state index contributed by atoms with van der Waals surface area (Å²) < 4.78 is 9.48. The van der Waals surface area contributed by atoms with Crippen molar-refractivity contribution >= 4 is 12.0 Å². The monoisotopic (exact) mass is 334 g/mol. The maximum Gasteiger partial charge on any atom is 0.408 e. The lowest BCUT2D eigenvalue weighted by atomic mass is 10.2. The predicted molar refractivity (Wildman–Crippen MR) is 93.2 cm³/mol. The number of terminal acetylenes is 1. The lowest BCUT2D eigenvalue weighted by Crippen LogP contribution is -2.39. The first kappa shape index (κ1) is 21.5. The molecule has 0 aliphatic rings. The molecule has 132 valence electrons. The van der Waals surface area contributed by atoms with Crippen LogP contribution in [0.3, 0.4) is 0 Å². The van der Waals surface area contributed by atoms with Gasteiger partial charge in [0.15, 0.2) is 0 Å². The van der Waals surface area contributed by atoms with E-state index in [-0.39, 0.29) is 12.5 Å². The number of hydrogen-bond donors (Lipinski definition) is 2. The van der Waals surface area contributed by atoms with E-state index in [0.29, 0.717) is 13.2 Å². The van der Waals surface area contributed by atoms with Gasteiger partial charge in [0.1, 0.15) is 18.8 Å². The molecule has 0 saturated heterocycles. The van der Waals surface area contributed by atoms with E-state index in [1.165, 1.54) is 0 Å². The van der Waals surface area contributed by atoms with E-state index in [0.717, 1.165) is 5.56 Å². The highest BCUT2D eigenvalue weighted by Gasteiger charge is 2.16. The molecule has 0 aliphatic carbocycles. The van der Waals surface area contributed by atoms with Crippen molar-refractivity contribution in [3.8, 4) is 12.3 Å². The Hall–Kier alpha value is -2.52. The summed E-state index contributed by atoms with van der Waals surface area (Å²) in [4.78, 5) is 22.8. The Labute approximate surface area is 143 Å². The van der Waals surface area contributed by atoms with E-state index in [1.54, 1.807) is 27.9 Å². The van der Waals surface area contributed by atoms with Gasteiger partial charge in [-0.3, -0.25) is 4.79 Å². The average Bonchev–Trinajstić information content (AvgIpc) is 2.52. The Bertz CT molecular complexity index is 530. The highest BCUT2D eigenvalue weighted by Crippen LogP contribution is 2.06. The third-order valence-electron chi connectivity index (χ3n) is 2.35. The van der Waals surface area contributed by atoms with E-state index >= 15 is 0 Å². The molecule has 0 bridgehead atoms. The zero-order valence-corrected chi connectivity index (χ0v) is 14.7. The molecule has 2 amide bonds. The molecule has 24 heavy (non-hydrogen) atoms. The smallest absolute Gasteiger partial charge is 0.408 e. The van der Waals surface area contributed by atoms with Crippen molar-refractivity contribution < 1.29 is 19.1 Å². The van der Waals surface area contributed by atoms with Crippen LogP contribution in [-0.2, 0) is 20.8 Å². The molecule has 6 heteroatoms. The first-order valence-corrected chi connectivity index (χ1v) is 7.48. The van der Waals surface area contributed by atoms with Crippen LogP contribution in [0.4, 0.5) is 4.79 Å². The highest BCUT2D eigenvalue weighted by atomic mass is 16.6. The summed E-state index contributed by atoms with van der Waals surface area (Å²) in [5.41, 5.74) is 0.443. The van der Waals surface area contributed by atoms with Crippen molar-refractivity contribution in [1.29, 1.82) is 0 Å². The zero-order chi connectivity index (χ0) is 18.4. The number of benzene rings is 1. The van der Waals surface area contributed by atoms with Crippen LogP contribution in [-0.4, -0.2) is 37.9 Å². The minimum Gasteiger partial charge on any atom is -0.444 e. The summed E-state index contributed by atoms with van der Waals surface area (Å²) in [6.07, 6.45) is 4.17. The van der Waals surface area contributed by atoms with Gasteiger partial charge in [0.2, 0.25) is 5.91 Å². The molecule has 0 aliphatic heterocycles. The Morgan fingerprint density at radius 3 is 2.25 bits per heavy atom. The predicted octanol–water partition coefficient (Wildman–Crippen LogP) is 2.09. The van der Waals surface area contributed by atoms with E-state index in [4.69, 9.17) is 11.2 Å². The van der Waals surface area contributed by atoms with Crippen molar-refractivity contribution in [2.45, 2.75) is 32.9 Å².